The van der Waals surface area contributed by atoms with Crippen molar-refractivity contribution in [3.63, 3.8) is 0 Å². The Kier molecular flexibility index (Phi) is 37.4. The number of hydrogen-bond acceptors (Lipinski definition) is 9. The number of carboxylic acids is 1. The Hall–Kier alpha value is -2.04. The fraction of sp³-hybridized carbons (Fsp3) is 0.837. The first-order valence-electron chi connectivity index (χ1n) is 21.9. The van der Waals surface area contributed by atoms with E-state index in [2.05, 4.69) is 42.7 Å². The quantitative estimate of drug-likeness (QED) is 0.0232. The Morgan fingerprint density at radius 3 is 1.45 bits per heavy atom. The summed E-state index contributed by atoms with van der Waals surface area (Å²) in [6.45, 7) is 2.78. The number of nitrogens with two attached hydrogens (primary N) is 1. The van der Waals surface area contributed by atoms with Gasteiger partial charge in [-0.3, -0.25) is 23.4 Å². The third-order valence-electron chi connectivity index (χ3n) is 9.45. The highest BCUT2D eigenvalue weighted by Gasteiger charge is 2.28. The summed E-state index contributed by atoms with van der Waals surface area (Å²) < 4.78 is 32.7. The van der Waals surface area contributed by atoms with Crippen LogP contribution in [0.25, 0.3) is 0 Å². The van der Waals surface area contributed by atoms with Gasteiger partial charge in [0, 0.05) is 12.8 Å². The summed E-state index contributed by atoms with van der Waals surface area (Å²) >= 11 is 0. The van der Waals surface area contributed by atoms with E-state index in [4.69, 9.17) is 24.8 Å². The number of hydrogen-bond donors (Lipinski definition) is 3. The summed E-state index contributed by atoms with van der Waals surface area (Å²) in [5.74, 6) is -2.38. The molecule has 4 N–H and O–H groups in total. The van der Waals surface area contributed by atoms with Crippen molar-refractivity contribution in [1.82, 2.24) is 0 Å². The van der Waals surface area contributed by atoms with Crippen molar-refractivity contribution < 1.29 is 47.5 Å². The molecule has 1 unspecified atom stereocenters. The fourth-order valence-electron chi connectivity index (χ4n) is 5.98. The first-order valence-corrected chi connectivity index (χ1v) is 23.4. The van der Waals surface area contributed by atoms with Crippen LogP contribution in [0.2, 0.25) is 0 Å². The Bertz CT molecular complexity index is 1040. The van der Waals surface area contributed by atoms with E-state index in [1.54, 1.807) is 0 Å². The third-order valence-corrected chi connectivity index (χ3v) is 10.4. The Morgan fingerprint density at radius 2 is 0.964 bits per heavy atom. The van der Waals surface area contributed by atoms with Crippen LogP contribution in [0.3, 0.4) is 0 Å². The molecular weight excluding hydrogens is 721 g/mol. The molecule has 322 valence electrons. The molecule has 0 bridgehead atoms. The van der Waals surface area contributed by atoms with Gasteiger partial charge in [-0.25, -0.2) is 4.57 Å². The lowest BCUT2D eigenvalue weighted by molar-refractivity contribution is -0.161. The molecule has 0 aliphatic rings. The predicted molar refractivity (Wildman–Crippen MR) is 222 cm³/mol. The van der Waals surface area contributed by atoms with Gasteiger partial charge in [0.25, 0.3) is 0 Å². The van der Waals surface area contributed by atoms with Gasteiger partial charge in [-0.2, -0.15) is 0 Å². The van der Waals surface area contributed by atoms with Crippen molar-refractivity contribution in [1.29, 1.82) is 0 Å². The first-order chi connectivity index (χ1) is 26.6. The van der Waals surface area contributed by atoms with E-state index in [1.165, 1.54) is 103 Å². The van der Waals surface area contributed by atoms with Crippen molar-refractivity contribution in [2.45, 2.75) is 212 Å². The molecule has 0 saturated heterocycles. The summed E-state index contributed by atoms with van der Waals surface area (Å²) in [6.07, 6.45) is 39.5. The topological polar surface area (TPSA) is 172 Å². The molecule has 0 aliphatic heterocycles. The number of carbonyl (C=O) groups is 3. The molecule has 0 fully saturated rings. The second kappa shape index (κ2) is 38.8. The molecule has 0 spiro atoms. The van der Waals surface area contributed by atoms with Crippen LogP contribution in [0.1, 0.15) is 200 Å². The van der Waals surface area contributed by atoms with E-state index in [9.17, 15) is 23.8 Å². The van der Waals surface area contributed by atoms with Gasteiger partial charge >= 0.3 is 25.7 Å². The largest absolute Gasteiger partial charge is 0.480 e. The lowest BCUT2D eigenvalue weighted by Crippen LogP contribution is -2.34. The normalized spacial score (nSPS) is 14.0. The number of unbranched alkanes of at least 4 members (excludes halogenated alkanes) is 23. The van der Waals surface area contributed by atoms with E-state index < -0.39 is 51.1 Å². The van der Waals surface area contributed by atoms with Crippen LogP contribution in [-0.2, 0) is 37.5 Å². The van der Waals surface area contributed by atoms with Gasteiger partial charge in [0.1, 0.15) is 12.6 Å². The standard InChI is InChI=1S/C43H80NO10P/c1-3-5-7-9-11-13-15-17-19-20-21-23-25-27-29-31-33-35-42(46)54-39(37-52-55(49,50)53-38-40(44)43(47)48)36-51-41(45)34-32-30-28-26-24-22-18-16-14-12-10-8-6-4-2/h11,13,17,19,39-40H,3-10,12,14-16,18,20-38,44H2,1-2H3,(H,47,48)(H,49,50)/b13-11+,19-17+/t39-,40+/m1/s1. The Labute approximate surface area is 334 Å². The van der Waals surface area contributed by atoms with Crippen molar-refractivity contribution >= 4 is 25.7 Å². The number of rotatable bonds is 41. The van der Waals surface area contributed by atoms with Crippen LogP contribution in [0.4, 0.5) is 0 Å². The van der Waals surface area contributed by atoms with E-state index in [0.717, 1.165) is 57.8 Å². The summed E-state index contributed by atoms with van der Waals surface area (Å²) in [4.78, 5) is 45.9. The molecule has 0 radical (unpaired) electrons. The van der Waals surface area contributed by atoms with Gasteiger partial charge in [-0.15, -0.1) is 0 Å². The summed E-state index contributed by atoms with van der Waals surface area (Å²) in [6, 6.07) is -1.52. The molecular formula is C43H80NO10P. The van der Waals surface area contributed by atoms with Crippen molar-refractivity contribution in [3.8, 4) is 0 Å². The van der Waals surface area contributed by atoms with Crippen LogP contribution in [0.15, 0.2) is 24.3 Å². The minimum absolute atomic E-state index is 0.155. The van der Waals surface area contributed by atoms with E-state index in [-0.39, 0.29) is 19.4 Å². The molecule has 0 amide bonds. The summed E-state index contributed by atoms with van der Waals surface area (Å²) in [5.41, 5.74) is 5.33. The van der Waals surface area contributed by atoms with Gasteiger partial charge in [-0.05, 0) is 44.9 Å². The maximum atomic E-state index is 12.6. The molecule has 12 heteroatoms. The fourth-order valence-corrected chi connectivity index (χ4v) is 6.76. The number of esters is 2. The van der Waals surface area contributed by atoms with Crippen LogP contribution < -0.4 is 5.73 Å². The maximum Gasteiger partial charge on any atom is 0.472 e. The molecule has 0 aromatic heterocycles. The van der Waals surface area contributed by atoms with Gasteiger partial charge in [0.15, 0.2) is 6.10 Å². The van der Waals surface area contributed by atoms with Crippen LogP contribution >= 0.6 is 7.82 Å². The van der Waals surface area contributed by atoms with Crippen LogP contribution in [-0.4, -0.2) is 59.9 Å². The van der Waals surface area contributed by atoms with E-state index >= 15 is 0 Å². The number of aliphatic carboxylic acids is 1. The highest BCUT2D eigenvalue weighted by molar-refractivity contribution is 7.47. The molecule has 0 aromatic carbocycles. The molecule has 0 heterocycles. The van der Waals surface area contributed by atoms with Crippen molar-refractivity contribution in [3.05, 3.63) is 24.3 Å². The number of phosphoric acid groups is 1. The smallest absolute Gasteiger partial charge is 0.472 e. The molecule has 11 nitrogen and oxygen atoms in total. The molecule has 0 rings (SSSR count). The molecule has 0 aliphatic carbocycles. The summed E-state index contributed by atoms with van der Waals surface area (Å²) in [7, 11) is -4.71. The van der Waals surface area contributed by atoms with Crippen LogP contribution in [0, 0.1) is 0 Å². The predicted octanol–water partition coefficient (Wildman–Crippen LogP) is 11.5. The molecule has 0 aromatic rings. The Balaban J connectivity index is 4.36. The van der Waals surface area contributed by atoms with Gasteiger partial charge in [0.05, 0.1) is 13.2 Å². The number of ether oxygens (including phenoxy) is 2. The SMILES string of the molecule is CCCCC/C=C/C/C=C/CCCCCCCCCC(=O)O[C@H](COC(=O)CCCCCCCCCCCCCCCC)COP(=O)(O)OC[C@H](N)C(=O)O. The summed E-state index contributed by atoms with van der Waals surface area (Å²) in [5, 5.41) is 8.88. The van der Waals surface area contributed by atoms with Crippen molar-refractivity contribution in [2.75, 3.05) is 19.8 Å². The molecule has 55 heavy (non-hydrogen) atoms. The minimum Gasteiger partial charge on any atom is -0.480 e. The number of carbonyl (C=O) groups excluding carboxylic acids is 2. The third kappa shape index (κ3) is 38.6. The zero-order valence-electron chi connectivity index (χ0n) is 34.8. The first kappa shape index (κ1) is 53.0. The van der Waals surface area contributed by atoms with Gasteiger partial charge in [-0.1, -0.05) is 167 Å². The number of carboxylic acid groups (broad SMARTS) is 1. The van der Waals surface area contributed by atoms with Gasteiger partial charge in [0.2, 0.25) is 0 Å². The monoisotopic (exact) mass is 802 g/mol. The van der Waals surface area contributed by atoms with E-state index in [1.807, 2.05) is 0 Å². The second-order valence-electron chi connectivity index (χ2n) is 14.8. The van der Waals surface area contributed by atoms with Crippen LogP contribution in [0.5, 0.6) is 0 Å². The number of allylic oxidation sites excluding steroid dienone is 4. The van der Waals surface area contributed by atoms with E-state index in [0.29, 0.717) is 12.8 Å². The van der Waals surface area contributed by atoms with Gasteiger partial charge < -0.3 is 25.2 Å². The Morgan fingerprint density at radius 1 is 0.564 bits per heavy atom. The average Bonchev–Trinajstić information content (AvgIpc) is 3.16. The maximum absolute atomic E-state index is 12.6. The molecule has 3 atom stereocenters. The average molecular weight is 802 g/mol. The van der Waals surface area contributed by atoms with Crippen molar-refractivity contribution in [2.24, 2.45) is 5.73 Å². The second-order valence-corrected chi connectivity index (χ2v) is 16.3. The molecule has 0 saturated carbocycles. The number of phosphoric ester groups is 1. The zero-order valence-corrected chi connectivity index (χ0v) is 35.7. The minimum atomic E-state index is -4.71. The highest BCUT2D eigenvalue weighted by Crippen LogP contribution is 2.43. The lowest BCUT2D eigenvalue weighted by Gasteiger charge is -2.20. The lowest BCUT2D eigenvalue weighted by atomic mass is 10.0. The highest BCUT2D eigenvalue weighted by atomic mass is 31.2. The zero-order chi connectivity index (χ0) is 40.7.